The summed E-state index contributed by atoms with van der Waals surface area (Å²) in [4.78, 5) is 9.45. The fourth-order valence-corrected chi connectivity index (χ4v) is 1.43. The highest BCUT2D eigenvalue weighted by molar-refractivity contribution is 5.71. The molecule has 0 rings (SSSR count). The zero-order valence-electron chi connectivity index (χ0n) is 13.3. The molecule has 0 spiro atoms. The molecule has 4 nitrogen and oxygen atoms in total. The maximum Gasteiger partial charge on any atom is 0.332 e. The van der Waals surface area contributed by atoms with Crippen molar-refractivity contribution < 1.29 is 15.0 Å². The number of carbonyl (C=O) groups is 1. The lowest BCUT2D eigenvalue weighted by Gasteiger charge is -2.27. The Labute approximate surface area is 118 Å². The SMILES string of the molecule is CC(O)C(=O)O.CCCCCCCC(C)C(C)(C)N. The van der Waals surface area contributed by atoms with Crippen molar-refractivity contribution in [2.75, 3.05) is 0 Å². The molecule has 0 radical (unpaired) electrons. The Morgan fingerprint density at radius 2 is 1.58 bits per heavy atom. The van der Waals surface area contributed by atoms with Gasteiger partial charge in [-0.1, -0.05) is 46.0 Å². The third kappa shape index (κ3) is 15.3. The summed E-state index contributed by atoms with van der Waals surface area (Å²) in [6.07, 6.45) is 6.90. The van der Waals surface area contributed by atoms with Crippen molar-refractivity contribution in [1.29, 1.82) is 0 Å². The molecule has 0 aromatic carbocycles. The number of carboxylic acids is 1. The van der Waals surface area contributed by atoms with Gasteiger partial charge in [-0.3, -0.25) is 0 Å². The molecule has 0 bridgehead atoms. The van der Waals surface area contributed by atoms with Gasteiger partial charge in [0.05, 0.1) is 0 Å². The molecule has 2 atom stereocenters. The minimum absolute atomic E-state index is 0.00472. The van der Waals surface area contributed by atoms with Crippen molar-refractivity contribution in [2.45, 2.75) is 84.8 Å². The molecule has 19 heavy (non-hydrogen) atoms. The number of hydrogen-bond acceptors (Lipinski definition) is 3. The maximum atomic E-state index is 9.45. The molecule has 4 N–H and O–H groups in total. The van der Waals surface area contributed by atoms with Crippen LogP contribution in [-0.4, -0.2) is 27.8 Å². The van der Waals surface area contributed by atoms with Crippen molar-refractivity contribution in [2.24, 2.45) is 11.7 Å². The lowest BCUT2D eigenvalue weighted by molar-refractivity contribution is -0.145. The van der Waals surface area contributed by atoms with Crippen molar-refractivity contribution in [3.63, 3.8) is 0 Å². The van der Waals surface area contributed by atoms with E-state index < -0.39 is 12.1 Å². The van der Waals surface area contributed by atoms with Crippen LogP contribution in [-0.2, 0) is 4.79 Å². The van der Waals surface area contributed by atoms with Gasteiger partial charge in [-0.2, -0.15) is 0 Å². The summed E-state index contributed by atoms with van der Waals surface area (Å²) in [6.45, 7) is 9.97. The minimum atomic E-state index is -1.23. The quantitative estimate of drug-likeness (QED) is 0.594. The number of hydrogen-bond donors (Lipinski definition) is 3. The first-order chi connectivity index (χ1) is 8.62. The van der Waals surface area contributed by atoms with E-state index in [-0.39, 0.29) is 5.54 Å². The summed E-state index contributed by atoms with van der Waals surface area (Å²) in [7, 11) is 0. The van der Waals surface area contributed by atoms with E-state index in [1.54, 1.807) is 0 Å². The van der Waals surface area contributed by atoms with Crippen molar-refractivity contribution in [1.82, 2.24) is 0 Å². The predicted octanol–water partition coefficient (Wildman–Crippen LogP) is 3.17. The highest BCUT2D eigenvalue weighted by Crippen LogP contribution is 2.20. The molecule has 0 heterocycles. The smallest absolute Gasteiger partial charge is 0.332 e. The highest BCUT2D eigenvalue weighted by Gasteiger charge is 2.19. The molecule has 0 aliphatic rings. The normalized spacial score (nSPS) is 14.3. The summed E-state index contributed by atoms with van der Waals surface area (Å²) in [5.74, 6) is -0.538. The first-order valence-electron chi connectivity index (χ1n) is 7.32. The average molecular weight is 275 g/mol. The van der Waals surface area contributed by atoms with Crippen molar-refractivity contribution >= 4 is 5.97 Å². The topological polar surface area (TPSA) is 83.5 Å². The van der Waals surface area contributed by atoms with E-state index in [1.165, 1.54) is 45.4 Å². The molecule has 4 heteroatoms. The number of aliphatic hydroxyl groups excluding tert-OH is 1. The van der Waals surface area contributed by atoms with Gasteiger partial charge in [-0.15, -0.1) is 0 Å². The summed E-state index contributed by atoms with van der Waals surface area (Å²) in [6, 6.07) is 0. The molecule has 0 saturated heterocycles. The van der Waals surface area contributed by atoms with Crippen LogP contribution in [0, 0.1) is 5.92 Å². The number of aliphatic carboxylic acids is 1. The lowest BCUT2D eigenvalue weighted by atomic mass is 9.86. The highest BCUT2D eigenvalue weighted by atomic mass is 16.4. The van der Waals surface area contributed by atoms with Crippen molar-refractivity contribution in [3.8, 4) is 0 Å². The van der Waals surface area contributed by atoms with Gasteiger partial charge in [-0.25, -0.2) is 4.79 Å². The third-order valence-corrected chi connectivity index (χ3v) is 3.37. The zero-order chi connectivity index (χ0) is 15.5. The number of carboxylic acid groups (broad SMARTS) is 1. The van der Waals surface area contributed by atoms with Crippen LogP contribution >= 0.6 is 0 Å². The van der Waals surface area contributed by atoms with Gasteiger partial charge in [0, 0.05) is 5.54 Å². The van der Waals surface area contributed by atoms with Crippen LogP contribution in [0.3, 0.4) is 0 Å². The largest absolute Gasteiger partial charge is 0.479 e. The van der Waals surface area contributed by atoms with E-state index in [0.717, 1.165) is 0 Å². The van der Waals surface area contributed by atoms with E-state index in [1.807, 2.05) is 0 Å². The Morgan fingerprint density at radius 3 is 1.89 bits per heavy atom. The second-order valence-electron chi connectivity index (χ2n) is 5.94. The Bertz CT molecular complexity index is 222. The standard InChI is InChI=1S/C12H27N.C3H6O3/c1-5-6-7-8-9-10-11(2)12(3,4)13;1-2(4)3(5)6/h11H,5-10,13H2,1-4H3;2,4H,1H3,(H,5,6). The summed E-state index contributed by atoms with van der Waals surface area (Å²) in [5.41, 5.74) is 6.02. The van der Waals surface area contributed by atoms with Crippen molar-refractivity contribution in [3.05, 3.63) is 0 Å². The summed E-state index contributed by atoms with van der Waals surface area (Å²) in [5, 5.41) is 15.8. The molecule has 0 amide bonds. The van der Waals surface area contributed by atoms with E-state index in [9.17, 15) is 4.79 Å². The fraction of sp³-hybridized carbons (Fsp3) is 0.933. The van der Waals surface area contributed by atoms with E-state index >= 15 is 0 Å². The lowest BCUT2D eigenvalue weighted by Crippen LogP contribution is -2.39. The van der Waals surface area contributed by atoms with Gasteiger partial charge in [0.25, 0.3) is 0 Å². The number of rotatable bonds is 8. The van der Waals surface area contributed by atoms with Crippen LogP contribution in [0.4, 0.5) is 0 Å². The minimum Gasteiger partial charge on any atom is -0.479 e. The second-order valence-corrected chi connectivity index (χ2v) is 5.94. The second kappa shape index (κ2) is 11.2. The summed E-state index contributed by atoms with van der Waals surface area (Å²) < 4.78 is 0. The van der Waals surface area contributed by atoms with Crippen LogP contribution in [0.15, 0.2) is 0 Å². The Hall–Kier alpha value is -0.610. The maximum absolute atomic E-state index is 9.45. The van der Waals surface area contributed by atoms with Crippen LogP contribution < -0.4 is 5.73 Å². The van der Waals surface area contributed by atoms with Crippen LogP contribution in [0.2, 0.25) is 0 Å². The van der Waals surface area contributed by atoms with Crippen LogP contribution in [0.25, 0.3) is 0 Å². The van der Waals surface area contributed by atoms with E-state index in [0.29, 0.717) is 5.92 Å². The summed E-state index contributed by atoms with van der Waals surface area (Å²) >= 11 is 0. The molecule has 116 valence electrons. The van der Waals surface area contributed by atoms with Gasteiger partial charge < -0.3 is 15.9 Å². The Kier molecular flexibility index (Phi) is 12.2. The average Bonchev–Trinajstić information content (AvgIpc) is 2.28. The number of unbranched alkanes of at least 4 members (excludes halogenated alkanes) is 4. The Balaban J connectivity index is 0. The monoisotopic (exact) mass is 275 g/mol. The van der Waals surface area contributed by atoms with Gasteiger partial charge in [0.2, 0.25) is 0 Å². The Morgan fingerprint density at radius 1 is 1.16 bits per heavy atom. The third-order valence-electron chi connectivity index (χ3n) is 3.37. The van der Waals surface area contributed by atoms with Gasteiger partial charge in [-0.05, 0) is 33.1 Å². The van der Waals surface area contributed by atoms with Gasteiger partial charge >= 0.3 is 5.97 Å². The predicted molar refractivity (Wildman–Crippen MR) is 80.1 cm³/mol. The molecule has 0 aromatic rings. The molecule has 0 fully saturated rings. The number of aliphatic hydroxyl groups is 1. The molecule has 0 saturated carbocycles. The first-order valence-corrected chi connectivity index (χ1v) is 7.32. The zero-order valence-corrected chi connectivity index (χ0v) is 13.3. The molecule has 0 aromatic heterocycles. The van der Waals surface area contributed by atoms with E-state index in [4.69, 9.17) is 15.9 Å². The molecular weight excluding hydrogens is 242 g/mol. The van der Waals surface area contributed by atoms with Crippen LogP contribution in [0.1, 0.15) is 73.1 Å². The molecule has 0 aliphatic heterocycles. The first kappa shape index (κ1) is 20.7. The molecular formula is C15H33NO3. The van der Waals surface area contributed by atoms with Gasteiger partial charge in [0.15, 0.2) is 0 Å². The molecule has 0 aliphatic carbocycles. The van der Waals surface area contributed by atoms with Gasteiger partial charge in [0.1, 0.15) is 6.10 Å². The molecule has 2 unspecified atom stereocenters. The fourth-order valence-electron chi connectivity index (χ4n) is 1.43. The van der Waals surface area contributed by atoms with Crippen LogP contribution in [0.5, 0.6) is 0 Å². The number of nitrogens with two attached hydrogens (primary N) is 1. The van der Waals surface area contributed by atoms with E-state index in [2.05, 4.69) is 27.7 Å².